The molecule has 0 fully saturated rings. The summed E-state index contributed by atoms with van der Waals surface area (Å²) in [4.78, 5) is -0.845. The summed E-state index contributed by atoms with van der Waals surface area (Å²) < 4.78 is 79.1. The van der Waals surface area contributed by atoms with Crippen molar-refractivity contribution in [3.05, 3.63) is 108 Å². The first-order chi connectivity index (χ1) is 16.6. The standard InChI is InChI=1S/C25H20O8S2/c26-34(27,28)24-13-11-22(32-20-7-3-1-4-8-20)16-18(24)15-19-17-23(12-14-25(19)35(29,30)31)33-21-9-5-2-6-10-21/h1-14,16-17H,15H2,(H,26,27,28)(H,29,30,31). The van der Waals surface area contributed by atoms with Crippen LogP contribution in [0.5, 0.6) is 23.0 Å². The third-order valence-corrected chi connectivity index (χ3v) is 6.87. The minimum Gasteiger partial charge on any atom is -0.457 e. The Morgan fingerprint density at radius 2 is 0.886 bits per heavy atom. The van der Waals surface area contributed by atoms with Crippen LogP contribution in [0, 0.1) is 0 Å². The van der Waals surface area contributed by atoms with Gasteiger partial charge in [-0.3, -0.25) is 9.11 Å². The first-order valence-corrected chi connectivity index (χ1v) is 13.1. The molecule has 0 atom stereocenters. The SMILES string of the molecule is O=S(=O)(O)c1ccc(Oc2ccccc2)cc1Cc1cc(Oc2ccccc2)ccc1S(=O)(=O)O. The number of hydrogen-bond acceptors (Lipinski definition) is 6. The lowest BCUT2D eigenvalue weighted by molar-refractivity contribution is 0.476. The molecule has 4 aromatic carbocycles. The number of benzene rings is 4. The quantitative estimate of drug-likeness (QED) is 0.302. The summed E-state index contributed by atoms with van der Waals surface area (Å²) in [5.74, 6) is 1.53. The van der Waals surface area contributed by atoms with E-state index in [-0.39, 0.29) is 29.0 Å². The molecule has 2 N–H and O–H groups in total. The Bertz CT molecular complexity index is 1430. The molecule has 0 aliphatic heterocycles. The Balaban J connectivity index is 1.77. The topological polar surface area (TPSA) is 127 Å². The minimum absolute atomic E-state index is 0.0580. The molecule has 0 aliphatic rings. The van der Waals surface area contributed by atoms with E-state index in [1.54, 1.807) is 60.7 Å². The zero-order valence-electron chi connectivity index (χ0n) is 18.1. The molecule has 10 heteroatoms. The van der Waals surface area contributed by atoms with Crippen LogP contribution in [0.15, 0.2) is 107 Å². The van der Waals surface area contributed by atoms with Crippen molar-refractivity contribution in [3.63, 3.8) is 0 Å². The molecule has 4 rings (SSSR count). The summed E-state index contributed by atoms with van der Waals surface area (Å²) in [6, 6.07) is 25.3. The van der Waals surface area contributed by atoms with Crippen LogP contribution in [0.4, 0.5) is 0 Å². The van der Waals surface area contributed by atoms with Crippen molar-refractivity contribution in [2.24, 2.45) is 0 Å². The number of rotatable bonds is 8. The van der Waals surface area contributed by atoms with E-state index < -0.39 is 30.0 Å². The summed E-state index contributed by atoms with van der Waals surface area (Å²) in [7, 11) is -9.30. The maximum Gasteiger partial charge on any atom is 0.294 e. The van der Waals surface area contributed by atoms with Gasteiger partial charge in [-0.2, -0.15) is 16.8 Å². The Morgan fingerprint density at radius 1 is 0.514 bits per heavy atom. The molecule has 0 saturated carbocycles. The highest BCUT2D eigenvalue weighted by molar-refractivity contribution is 7.86. The van der Waals surface area contributed by atoms with Gasteiger partial charge in [0.1, 0.15) is 23.0 Å². The van der Waals surface area contributed by atoms with Gasteiger partial charge in [-0.05, 0) is 71.8 Å². The van der Waals surface area contributed by atoms with Crippen LogP contribution >= 0.6 is 0 Å². The monoisotopic (exact) mass is 512 g/mol. The van der Waals surface area contributed by atoms with Crippen LogP contribution in [-0.4, -0.2) is 25.9 Å². The molecule has 0 bridgehead atoms. The second-order valence-electron chi connectivity index (χ2n) is 7.50. The van der Waals surface area contributed by atoms with Gasteiger partial charge in [-0.15, -0.1) is 0 Å². The summed E-state index contributed by atoms with van der Waals surface area (Å²) in [6.45, 7) is 0. The Kier molecular flexibility index (Phi) is 6.90. The van der Waals surface area contributed by atoms with Gasteiger partial charge in [0.2, 0.25) is 0 Å². The van der Waals surface area contributed by atoms with Crippen molar-refractivity contribution >= 4 is 20.2 Å². The van der Waals surface area contributed by atoms with E-state index in [1.165, 1.54) is 36.4 Å². The highest BCUT2D eigenvalue weighted by Gasteiger charge is 2.22. The third kappa shape index (κ3) is 6.25. The number of hydrogen-bond donors (Lipinski definition) is 2. The molecule has 4 aromatic rings. The molecule has 0 aliphatic carbocycles. The molecule has 0 amide bonds. The second kappa shape index (κ2) is 9.88. The summed E-state index contributed by atoms with van der Waals surface area (Å²) in [6.07, 6.45) is -0.276. The number of ether oxygens (including phenoxy) is 2. The summed E-state index contributed by atoms with van der Waals surface area (Å²) in [5.41, 5.74) is 0.116. The lowest BCUT2D eigenvalue weighted by Gasteiger charge is -2.14. The molecular formula is C25H20O8S2. The van der Waals surface area contributed by atoms with E-state index in [0.29, 0.717) is 11.5 Å². The Morgan fingerprint density at radius 3 is 1.23 bits per heavy atom. The van der Waals surface area contributed by atoms with Crippen molar-refractivity contribution in [2.45, 2.75) is 16.2 Å². The van der Waals surface area contributed by atoms with Crippen molar-refractivity contribution in [1.29, 1.82) is 0 Å². The maximum absolute atomic E-state index is 12.0. The molecule has 0 spiro atoms. The fraction of sp³-hybridized carbons (Fsp3) is 0.0400. The summed E-state index contributed by atoms with van der Waals surface area (Å²) >= 11 is 0. The van der Waals surface area contributed by atoms with E-state index in [2.05, 4.69) is 0 Å². The van der Waals surface area contributed by atoms with Crippen LogP contribution in [0.3, 0.4) is 0 Å². The predicted octanol–water partition coefficient (Wildman–Crippen LogP) is 5.36. The minimum atomic E-state index is -4.65. The molecule has 0 radical (unpaired) electrons. The average molecular weight is 513 g/mol. The molecule has 0 aromatic heterocycles. The van der Waals surface area contributed by atoms with Gasteiger partial charge in [-0.1, -0.05) is 36.4 Å². The van der Waals surface area contributed by atoms with Crippen LogP contribution < -0.4 is 9.47 Å². The van der Waals surface area contributed by atoms with Gasteiger partial charge in [-0.25, -0.2) is 0 Å². The van der Waals surface area contributed by atoms with Crippen LogP contribution in [0.25, 0.3) is 0 Å². The normalized spacial score (nSPS) is 11.7. The van der Waals surface area contributed by atoms with Gasteiger partial charge in [0.25, 0.3) is 20.2 Å². The van der Waals surface area contributed by atoms with E-state index in [4.69, 9.17) is 9.47 Å². The van der Waals surface area contributed by atoms with Crippen molar-refractivity contribution in [2.75, 3.05) is 0 Å². The molecule has 0 saturated heterocycles. The van der Waals surface area contributed by atoms with Crippen LogP contribution in [0.2, 0.25) is 0 Å². The molecule has 8 nitrogen and oxygen atoms in total. The first-order valence-electron chi connectivity index (χ1n) is 10.3. The fourth-order valence-corrected chi connectivity index (χ4v) is 4.88. The van der Waals surface area contributed by atoms with Crippen LogP contribution in [0.1, 0.15) is 11.1 Å². The average Bonchev–Trinajstić information content (AvgIpc) is 2.79. The predicted molar refractivity (Wildman–Crippen MR) is 128 cm³/mol. The largest absolute Gasteiger partial charge is 0.457 e. The Hall–Kier alpha value is -3.70. The smallest absolute Gasteiger partial charge is 0.294 e. The molecule has 0 heterocycles. The van der Waals surface area contributed by atoms with Crippen molar-refractivity contribution in [3.8, 4) is 23.0 Å². The maximum atomic E-state index is 12.0. The lowest BCUT2D eigenvalue weighted by Crippen LogP contribution is -2.08. The highest BCUT2D eigenvalue weighted by atomic mass is 32.2. The van der Waals surface area contributed by atoms with E-state index in [0.717, 1.165) is 0 Å². The van der Waals surface area contributed by atoms with Gasteiger partial charge in [0, 0.05) is 6.42 Å². The fourth-order valence-electron chi connectivity index (χ4n) is 3.47. The second-order valence-corrected chi connectivity index (χ2v) is 10.3. The van der Waals surface area contributed by atoms with E-state index >= 15 is 0 Å². The zero-order valence-corrected chi connectivity index (χ0v) is 19.7. The first kappa shape index (κ1) is 24.4. The molecule has 180 valence electrons. The van der Waals surface area contributed by atoms with E-state index in [9.17, 15) is 25.9 Å². The van der Waals surface area contributed by atoms with Crippen molar-refractivity contribution in [1.82, 2.24) is 0 Å². The molecule has 35 heavy (non-hydrogen) atoms. The van der Waals surface area contributed by atoms with Gasteiger partial charge in [0.05, 0.1) is 9.79 Å². The van der Waals surface area contributed by atoms with Gasteiger partial charge >= 0.3 is 0 Å². The van der Waals surface area contributed by atoms with Gasteiger partial charge < -0.3 is 9.47 Å². The Labute approximate surface area is 202 Å². The molecular weight excluding hydrogens is 492 g/mol. The number of para-hydroxylation sites is 2. The van der Waals surface area contributed by atoms with E-state index in [1.807, 2.05) is 0 Å². The summed E-state index contributed by atoms with van der Waals surface area (Å²) in [5, 5.41) is 0. The van der Waals surface area contributed by atoms with Crippen molar-refractivity contribution < 1.29 is 35.4 Å². The molecule has 0 unspecified atom stereocenters. The highest BCUT2D eigenvalue weighted by Crippen LogP contribution is 2.32. The third-order valence-electron chi connectivity index (χ3n) is 4.96. The van der Waals surface area contributed by atoms with Crippen LogP contribution in [-0.2, 0) is 26.7 Å². The lowest BCUT2D eigenvalue weighted by atomic mass is 10.0. The zero-order chi connectivity index (χ0) is 25.1. The van der Waals surface area contributed by atoms with Gasteiger partial charge in [0.15, 0.2) is 0 Å².